The van der Waals surface area contributed by atoms with Gasteiger partial charge in [-0.2, -0.15) is 4.52 Å². The lowest BCUT2D eigenvalue weighted by molar-refractivity contribution is 0.415. The van der Waals surface area contributed by atoms with Gasteiger partial charge < -0.3 is 10.5 Å². The van der Waals surface area contributed by atoms with Crippen LogP contribution in [0.15, 0.2) is 47.4 Å². The molecule has 0 atom stereocenters. The van der Waals surface area contributed by atoms with Gasteiger partial charge in [0.2, 0.25) is 5.95 Å². The van der Waals surface area contributed by atoms with E-state index in [4.69, 9.17) is 10.5 Å². The Morgan fingerprint density at radius 3 is 2.58 bits per heavy atom. The second-order valence-corrected chi connectivity index (χ2v) is 6.07. The number of nitrogens with zero attached hydrogens (tertiary/aromatic N) is 4. The average Bonchev–Trinajstić information content (AvgIpc) is 3.08. The van der Waals surface area contributed by atoms with Gasteiger partial charge in [0.25, 0.3) is 0 Å². The number of fused-ring (bicyclic) bond motifs is 3. The standard InChI is InChI=1S/C17H15N5OS/c1-23-11-8-6-10(7-9-11)15-20-16-12-4-3-5-13(24-2)14(12)19-17(18)22(16)21-15/h3-9H,1-2H3,(H2,18,19). The molecule has 0 aliphatic carbocycles. The van der Waals surface area contributed by atoms with Crippen molar-refractivity contribution in [2.75, 3.05) is 19.1 Å². The number of aromatic nitrogens is 4. The maximum atomic E-state index is 6.10. The predicted octanol–water partition coefficient (Wildman–Crippen LogP) is 3.26. The third-order valence-electron chi connectivity index (χ3n) is 3.86. The number of ether oxygens (including phenoxy) is 1. The first-order valence-electron chi connectivity index (χ1n) is 7.34. The van der Waals surface area contributed by atoms with E-state index in [-0.39, 0.29) is 0 Å². The Labute approximate surface area is 142 Å². The van der Waals surface area contributed by atoms with Crippen LogP contribution in [-0.4, -0.2) is 32.9 Å². The van der Waals surface area contributed by atoms with E-state index in [0.29, 0.717) is 17.4 Å². The Kier molecular flexibility index (Phi) is 3.50. The number of nitrogens with two attached hydrogens (primary N) is 1. The Morgan fingerprint density at radius 1 is 1.08 bits per heavy atom. The van der Waals surface area contributed by atoms with Gasteiger partial charge in [-0.05, 0) is 42.7 Å². The molecule has 0 spiro atoms. The highest BCUT2D eigenvalue weighted by Gasteiger charge is 2.14. The molecule has 4 aromatic rings. The third-order valence-corrected chi connectivity index (χ3v) is 4.63. The number of anilines is 1. The molecule has 2 aromatic heterocycles. The lowest BCUT2D eigenvalue weighted by Gasteiger charge is -2.05. The fourth-order valence-electron chi connectivity index (χ4n) is 2.65. The van der Waals surface area contributed by atoms with E-state index >= 15 is 0 Å². The van der Waals surface area contributed by atoms with Crippen LogP contribution in [0.1, 0.15) is 0 Å². The summed E-state index contributed by atoms with van der Waals surface area (Å²) in [6, 6.07) is 13.6. The zero-order valence-corrected chi connectivity index (χ0v) is 14.0. The molecule has 120 valence electrons. The third kappa shape index (κ3) is 2.25. The Hall–Kier alpha value is -2.80. The molecule has 0 amide bonds. The summed E-state index contributed by atoms with van der Waals surface area (Å²) in [5, 5.41) is 5.45. The van der Waals surface area contributed by atoms with Crippen molar-refractivity contribution in [3.05, 3.63) is 42.5 Å². The summed E-state index contributed by atoms with van der Waals surface area (Å²) in [5.74, 6) is 1.72. The molecule has 6 nitrogen and oxygen atoms in total. The predicted molar refractivity (Wildman–Crippen MR) is 96.5 cm³/mol. The van der Waals surface area contributed by atoms with Gasteiger partial charge in [-0.1, -0.05) is 6.07 Å². The molecule has 0 aliphatic heterocycles. The number of hydrogen-bond acceptors (Lipinski definition) is 6. The number of thioether (sulfide) groups is 1. The van der Waals surface area contributed by atoms with Crippen LogP contribution in [0.5, 0.6) is 5.75 Å². The first kappa shape index (κ1) is 14.8. The lowest BCUT2D eigenvalue weighted by Crippen LogP contribution is -2.03. The van der Waals surface area contributed by atoms with Crippen molar-refractivity contribution >= 4 is 34.3 Å². The molecule has 0 saturated carbocycles. The van der Waals surface area contributed by atoms with E-state index in [1.165, 1.54) is 0 Å². The van der Waals surface area contributed by atoms with Gasteiger partial charge in [-0.3, -0.25) is 0 Å². The van der Waals surface area contributed by atoms with E-state index in [1.807, 2.05) is 48.7 Å². The molecular formula is C17H15N5OS. The second kappa shape index (κ2) is 5.68. The molecule has 0 saturated heterocycles. The van der Waals surface area contributed by atoms with E-state index in [2.05, 4.69) is 15.1 Å². The van der Waals surface area contributed by atoms with Crippen LogP contribution in [0.3, 0.4) is 0 Å². The Balaban J connectivity index is 1.97. The van der Waals surface area contributed by atoms with Crippen molar-refractivity contribution in [2.24, 2.45) is 0 Å². The van der Waals surface area contributed by atoms with Gasteiger partial charge in [0.05, 0.1) is 12.6 Å². The first-order valence-corrected chi connectivity index (χ1v) is 8.57. The minimum absolute atomic E-state index is 0.325. The summed E-state index contributed by atoms with van der Waals surface area (Å²) in [6.07, 6.45) is 2.02. The summed E-state index contributed by atoms with van der Waals surface area (Å²) < 4.78 is 6.78. The van der Waals surface area contributed by atoms with Crippen LogP contribution in [0, 0.1) is 0 Å². The zero-order valence-electron chi connectivity index (χ0n) is 13.2. The monoisotopic (exact) mass is 337 g/mol. The number of benzene rings is 2. The molecule has 0 bridgehead atoms. The molecule has 2 aromatic carbocycles. The highest BCUT2D eigenvalue weighted by atomic mass is 32.2. The summed E-state index contributed by atoms with van der Waals surface area (Å²) >= 11 is 1.63. The largest absolute Gasteiger partial charge is 0.497 e. The average molecular weight is 337 g/mol. The quantitative estimate of drug-likeness (QED) is 0.578. The fraction of sp³-hybridized carbons (Fsp3) is 0.118. The SMILES string of the molecule is COc1ccc(-c2nc3c4cccc(SC)c4nc(N)n3n2)cc1. The van der Waals surface area contributed by atoms with E-state index < -0.39 is 0 Å². The van der Waals surface area contributed by atoms with Gasteiger partial charge in [0, 0.05) is 15.8 Å². The van der Waals surface area contributed by atoms with Crippen molar-refractivity contribution in [3.8, 4) is 17.1 Å². The van der Waals surface area contributed by atoms with Crippen molar-refractivity contribution in [1.29, 1.82) is 0 Å². The lowest BCUT2D eigenvalue weighted by atomic mass is 10.2. The minimum Gasteiger partial charge on any atom is -0.497 e. The van der Waals surface area contributed by atoms with E-state index in [1.54, 1.807) is 23.4 Å². The minimum atomic E-state index is 0.325. The molecule has 0 radical (unpaired) electrons. The highest BCUT2D eigenvalue weighted by molar-refractivity contribution is 7.98. The van der Waals surface area contributed by atoms with Crippen LogP contribution < -0.4 is 10.5 Å². The number of nitrogen functional groups attached to an aromatic ring is 1. The van der Waals surface area contributed by atoms with Gasteiger partial charge in [0.1, 0.15) is 5.75 Å². The van der Waals surface area contributed by atoms with Crippen molar-refractivity contribution < 1.29 is 4.74 Å². The zero-order chi connectivity index (χ0) is 16.7. The van der Waals surface area contributed by atoms with Gasteiger partial charge in [0.15, 0.2) is 11.5 Å². The number of para-hydroxylation sites is 1. The molecule has 0 unspecified atom stereocenters. The number of methoxy groups -OCH3 is 1. The Bertz CT molecular complexity index is 1040. The molecule has 7 heteroatoms. The van der Waals surface area contributed by atoms with Crippen LogP contribution >= 0.6 is 11.8 Å². The molecule has 2 heterocycles. The molecule has 0 fully saturated rings. The molecule has 2 N–H and O–H groups in total. The number of rotatable bonds is 3. The van der Waals surface area contributed by atoms with Gasteiger partial charge in [-0.25, -0.2) is 9.97 Å². The van der Waals surface area contributed by atoms with Crippen molar-refractivity contribution in [3.63, 3.8) is 0 Å². The summed E-state index contributed by atoms with van der Waals surface area (Å²) in [5.41, 5.74) is 8.56. The topological polar surface area (TPSA) is 78.3 Å². The van der Waals surface area contributed by atoms with Crippen LogP contribution in [0.25, 0.3) is 27.9 Å². The smallest absolute Gasteiger partial charge is 0.223 e. The molecule has 24 heavy (non-hydrogen) atoms. The van der Waals surface area contributed by atoms with Crippen molar-refractivity contribution in [2.45, 2.75) is 4.90 Å². The molecule has 4 rings (SSSR count). The fourth-order valence-corrected chi connectivity index (χ4v) is 3.22. The molecular weight excluding hydrogens is 322 g/mol. The van der Waals surface area contributed by atoms with Gasteiger partial charge in [-0.15, -0.1) is 16.9 Å². The Morgan fingerprint density at radius 2 is 1.88 bits per heavy atom. The second-order valence-electron chi connectivity index (χ2n) is 5.23. The normalized spacial score (nSPS) is 11.2. The first-order chi connectivity index (χ1) is 11.7. The maximum absolute atomic E-state index is 6.10. The number of hydrogen-bond donors (Lipinski definition) is 1. The summed E-state index contributed by atoms with van der Waals surface area (Å²) in [6.45, 7) is 0. The summed E-state index contributed by atoms with van der Waals surface area (Å²) in [7, 11) is 1.64. The van der Waals surface area contributed by atoms with Crippen LogP contribution in [-0.2, 0) is 0 Å². The van der Waals surface area contributed by atoms with Crippen LogP contribution in [0.2, 0.25) is 0 Å². The van der Waals surface area contributed by atoms with Crippen molar-refractivity contribution in [1.82, 2.24) is 19.6 Å². The van der Waals surface area contributed by atoms with E-state index in [0.717, 1.165) is 27.1 Å². The van der Waals surface area contributed by atoms with E-state index in [9.17, 15) is 0 Å². The van der Waals surface area contributed by atoms with Crippen LogP contribution in [0.4, 0.5) is 5.95 Å². The maximum Gasteiger partial charge on any atom is 0.223 e. The van der Waals surface area contributed by atoms with Gasteiger partial charge >= 0.3 is 0 Å². The highest BCUT2D eigenvalue weighted by Crippen LogP contribution is 2.29. The summed E-state index contributed by atoms with van der Waals surface area (Å²) in [4.78, 5) is 10.3. The molecule has 0 aliphatic rings.